The van der Waals surface area contributed by atoms with Crippen LogP contribution in [0.15, 0.2) is 18.2 Å². The van der Waals surface area contributed by atoms with Crippen LogP contribution in [0.2, 0.25) is 0 Å². The molecule has 0 spiro atoms. The number of nitrogens with zero attached hydrogens (tertiary/aromatic N) is 2. The number of methoxy groups -OCH3 is 2. The number of carbonyl (C=O) groups is 2. The number of carbonyl (C=O) groups excluding carboxylic acids is 2. The minimum absolute atomic E-state index is 0.00750. The summed E-state index contributed by atoms with van der Waals surface area (Å²) in [5, 5.41) is 0. The molecule has 0 radical (unpaired) electrons. The van der Waals surface area contributed by atoms with E-state index >= 15 is 0 Å². The molecule has 2 amide bonds. The topological polar surface area (TPSA) is 85.1 Å². The Kier molecular flexibility index (Phi) is 5.13. The summed E-state index contributed by atoms with van der Waals surface area (Å²) in [6.07, 6.45) is 1.61. The van der Waals surface area contributed by atoms with Gasteiger partial charge in [-0.2, -0.15) is 0 Å². The standard InChI is InChI=1S/C18H25N3O4/c1-24-14-4-3-5-15(25-2)16(14)18(23)21-10-13(11-21)20-8-6-12(7-9-20)17(19)22/h3-5,12-13H,6-11H2,1-2H3,(H2,19,22). The summed E-state index contributed by atoms with van der Waals surface area (Å²) in [5.74, 6) is 0.767. The number of nitrogens with two attached hydrogens (primary N) is 1. The summed E-state index contributed by atoms with van der Waals surface area (Å²) in [6, 6.07) is 5.68. The van der Waals surface area contributed by atoms with E-state index in [0.717, 1.165) is 25.9 Å². The molecule has 0 bridgehead atoms. The molecule has 0 unspecified atom stereocenters. The van der Waals surface area contributed by atoms with Gasteiger partial charge in [-0.15, -0.1) is 0 Å². The lowest BCUT2D eigenvalue weighted by Crippen LogP contribution is -2.62. The predicted molar refractivity (Wildman–Crippen MR) is 92.7 cm³/mol. The first-order valence-corrected chi connectivity index (χ1v) is 8.58. The Morgan fingerprint density at radius 2 is 1.64 bits per heavy atom. The second-order valence-electron chi connectivity index (χ2n) is 6.61. The van der Waals surface area contributed by atoms with Crippen LogP contribution in [-0.4, -0.2) is 68.1 Å². The Morgan fingerprint density at radius 3 is 2.12 bits per heavy atom. The fraction of sp³-hybridized carbons (Fsp3) is 0.556. The highest BCUT2D eigenvalue weighted by atomic mass is 16.5. The van der Waals surface area contributed by atoms with E-state index in [0.29, 0.717) is 36.2 Å². The normalized spacial score (nSPS) is 19.4. The highest BCUT2D eigenvalue weighted by Crippen LogP contribution is 2.32. The maximum Gasteiger partial charge on any atom is 0.261 e. The van der Waals surface area contributed by atoms with Crippen LogP contribution in [-0.2, 0) is 4.79 Å². The molecule has 25 heavy (non-hydrogen) atoms. The van der Waals surface area contributed by atoms with E-state index in [1.54, 1.807) is 32.4 Å². The van der Waals surface area contributed by atoms with Crippen molar-refractivity contribution in [2.24, 2.45) is 11.7 Å². The Bertz CT molecular complexity index is 627. The molecule has 7 nitrogen and oxygen atoms in total. The predicted octanol–water partition coefficient (Wildman–Crippen LogP) is 0.726. The Balaban J connectivity index is 1.60. The largest absolute Gasteiger partial charge is 0.496 e. The highest BCUT2D eigenvalue weighted by Gasteiger charge is 2.38. The third-order valence-electron chi connectivity index (χ3n) is 5.24. The molecule has 2 N–H and O–H groups in total. The van der Waals surface area contributed by atoms with Crippen molar-refractivity contribution >= 4 is 11.8 Å². The molecule has 2 fully saturated rings. The molecule has 0 saturated carbocycles. The molecular formula is C18H25N3O4. The number of primary amides is 1. The molecule has 0 aromatic heterocycles. The number of rotatable bonds is 5. The third kappa shape index (κ3) is 3.42. The van der Waals surface area contributed by atoms with Crippen molar-refractivity contribution in [1.29, 1.82) is 0 Å². The number of likely N-dealkylation sites (tertiary alicyclic amines) is 2. The van der Waals surface area contributed by atoms with Crippen molar-refractivity contribution < 1.29 is 19.1 Å². The average Bonchev–Trinajstić information content (AvgIpc) is 2.59. The number of ether oxygens (including phenoxy) is 2. The summed E-state index contributed by atoms with van der Waals surface area (Å²) in [7, 11) is 3.10. The molecule has 0 aliphatic carbocycles. The van der Waals surface area contributed by atoms with Gasteiger partial charge in [-0.3, -0.25) is 14.5 Å². The van der Waals surface area contributed by atoms with Crippen LogP contribution < -0.4 is 15.2 Å². The van der Waals surface area contributed by atoms with Crippen molar-refractivity contribution in [3.8, 4) is 11.5 Å². The number of amides is 2. The SMILES string of the molecule is COc1cccc(OC)c1C(=O)N1CC(N2CCC(C(N)=O)CC2)C1. The highest BCUT2D eigenvalue weighted by molar-refractivity contribution is 6.00. The van der Waals surface area contributed by atoms with E-state index in [4.69, 9.17) is 15.2 Å². The van der Waals surface area contributed by atoms with Crippen LogP contribution >= 0.6 is 0 Å². The number of hydrogen-bond donors (Lipinski definition) is 1. The summed E-state index contributed by atoms with van der Waals surface area (Å²) < 4.78 is 10.6. The van der Waals surface area contributed by atoms with Crippen LogP contribution in [0.4, 0.5) is 0 Å². The van der Waals surface area contributed by atoms with E-state index in [-0.39, 0.29) is 17.7 Å². The lowest BCUT2D eigenvalue weighted by Gasteiger charge is -2.47. The summed E-state index contributed by atoms with van der Waals surface area (Å²) in [4.78, 5) is 28.3. The number of benzene rings is 1. The van der Waals surface area contributed by atoms with Gasteiger partial charge in [0.2, 0.25) is 5.91 Å². The molecule has 1 aromatic carbocycles. The minimum Gasteiger partial charge on any atom is -0.496 e. The number of piperidine rings is 1. The van der Waals surface area contributed by atoms with Gasteiger partial charge in [-0.25, -0.2) is 0 Å². The smallest absolute Gasteiger partial charge is 0.261 e. The molecule has 2 aliphatic rings. The van der Waals surface area contributed by atoms with Gasteiger partial charge in [0, 0.05) is 25.0 Å². The van der Waals surface area contributed by atoms with Gasteiger partial charge in [0.25, 0.3) is 5.91 Å². The zero-order valence-corrected chi connectivity index (χ0v) is 14.7. The molecule has 1 aromatic rings. The van der Waals surface area contributed by atoms with Gasteiger partial charge in [0.15, 0.2) is 0 Å². The van der Waals surface area contributed by atoms with Crippen molar-refractivity contribution in [2.45, 2.75) is 18.9 Å². The van der Waals surface area contributed by atoms with Gasteiger partial charge < -0.3 is 20.1 Å². The maximum atomic E-state index is 12.8. The Labute approximate surface area is 147 Å². The Morgan fingerprint density at radius 1 is 1.08 bits per heavy atom. The summed E-state index contributed by atoms with van der Waals surface area (Å²) >= 11 is 0. The van der Waals surface area contributed by atoms with Crippen molar-refractivity contribution in [1.82, 2.24) is 9.80 Å². The fourth-order valence-electron chi connectivity index (χ4n) is 3.62. The zero-order chi connectivity index (χ0) is 18.0. The van der Waals surface area contributed by atoms with E-state index in [2.05, 4.69) is 4.90 Å². The van der Waals surface area contributed by atoms with Crippen LogP contribution in [0.5, 0.6) is 11.5 Å². The van der Waals surface area contributed by atoms with E-state index < -0.39 is 0 Å². The van der Waals surface area contributed by atoms with Crippen molar-refractivity contribution in [3.63, 3.8) is 0 Å². The first-order valence-electron chi connectivity index (χ1n) is 8.58. The van der Waals surface area contributed by atoms with Gasteiger partial charge in [-0.1, -0.05) is 6.07 Å². The quantitative estimate of drug-likeness (QED) is 0.849. The lowest BCUT2D eigenvalue weighted by atomic mass is 9.93. The molecular weight excluding hydrogens is 322 g/mol. The maximum absolute atomic E-state index is 12.8. The molecule has 136 valence electrons. The molecule has 0 atom stereocenters. The van der Waals surface area contributed by atoms with E-state index in [9.17, 15) is 9.59 Å². The molecule has 7 heteroatoms. The summed E-state index contributed by atoms with van der Waals surface area (Å²) in [5.41, 5.74) is 5.85. The van der Waals surface area contributed by atoms with E-state index in [1.807, 2.05) is 4.90 Å². The summed E-state index contributed by atoms with van der Waals surface area (Å²) in [6.45, 7) is 3.08. The van der Waals surface area contributed by atoms with Crippen molar-refractivity contribution in [3.05, 3.63) is 23.8 Å². The van der Waals surface area contributed by atoms with Crippen LogP contribution in [0, 0.1) is 5.92 Å². The first kappa shape index (κ1) is 17.5. The van der Waals surface area contributed by atoms with Gasteiger partial charge in [0.05, 0.1) is 14.2 Å². The molecule has 2 aliphatic heterocycles. The van der Waals surface area contributed by atoms with Crippen molar-refractivity contribution in [2.75, 3.05) is 40.4 Å². The van der Waals surface area contributed by atoms with Gasteiger partial charge >= 0.3 is 0 Å². The Hall–Kier alpha value is -2.28. The lowest BCUT2D eigenvalue weighted by molar-refractivity contribution is -0.123. The minimum atomic E-state index is -0.201. The third-order valence-corrected chi connectivity index (χ3v) is 5.24. The second kappa shape index (κ2) is 7.31. The molecule has 2 heterocycles. The molecule has 3 rings (SSSR count). The van der Waals surface area contributed by atoms with Gasteiger partial charge in [0.1, 0.15) is 17.1 Å². The average molecular weight is 347 g/mol. The number of hydrogen-bond acceptors (Lipinski definition) is 5. The first-order chi connectivity index (χ1) is 12.0. The van der Waals surface area contributed by atoms with Gasteiger partial charge in [-0.05, 0) is 38.1 Å². The van der Waals surface area contributed by atoms with Crippen LogP contribution in [0.25, 0.3) is 0 Å². The second-order valence-corrected chi connectivity index (χ2v) is 6.61. The monoisotopic (exact) mass is 347 g/mol. The fourth-order valence-corrected chi connectivity index (χ4v) is 3.62. The molecule has 2 saturated heterocycles. The van der Waals surface area contributed by atoms with Crippen LogP contribution in [0.1, 0.15) is 23.2 Å². The van der Waals surface area contributed by atoms with Crippen LogP contribution in [0.3, 0.4) is 0 Å². The zero-order valence-electron chi connectivity index (χ0n) is 14.7. The van der Waals surface area contributed by atoms with E-state index in [1.165, 1.54) is 0 Å².